The summed E-state index contributed by atoms with van der Waals surface area (Å²) in [6.45, 7) is 7.12. The van der Waals surface area contributed by atoms with E-state index in [0.29, 0.717) is 17.3 Å². The van der Waals surface area contributed by atoms with E-state index in [4.69, 9.17) is 4.74 Å². The largest absolute Gasteiger partial charge is 0.451 e. The number of hydrogen-bond donors (Lipinski definition) is 1. The number of benzene rings is 1. The Kier molecular flexibility index (Phi) is 4.28. The van der Waals surface area contributed by atoms with Gasteiger partial charge < -0.3 is 9.64 Å². The van der Waals surface area contributed by atoms with Crippen LogP contribution < -0.4 is 5.56 Å². The highest BCUT2D eigenvalue weighted by atomic mass is 16.5. The van der Waals surface area contributed by atoms with Gasteiger partial charge in [-0.25, -0.2) is 9.89 Å². The Balaban J connectivity index is 1.47. The zero-order valence-electron chi connectivity index (χ0n) is 16.4. The van der Waals surface area contributed by atoms with Crippen LogP contribution in [0.1, 0.15) is 50.5 Å². The Morgan fingerprint density at radius 3 is 2.68 bits per heavy atom. The van der Waals surface area contributed by atoms with Gasteiger partial charge in [0.15, 0.2) is 12.3 Å². The number of aromatic amines is 1. The topological polar surface area (TPSA) is 92.4 Å². The van der Waals surface area contributed by atoms with Gasteiger partial charge in [-0.3, -0.25) is 9.59 Å². The second-order valence-electron chi connectivity index (χ2n) is 9.26. The first-order valence-electron chi connectivity index (χ1n) is 9.62. The third-order valence-electron chi connectivity index (χ3n) is 5.95. The fourth-order valence-corrected chi connectivity index (χ4v) is 5.30. The van der Waals surface area contributed by atoms with Crippen LogP contribution in [0, 0.1) is 10.8 Å². The molecule has 2 aromatic rings. The van der Waals surface area contributed by atoms with Gasteiger partial charge in [-0.1, -0.05) is 39.0 Å². The molecule has 1 saturated heterocycles. The third kappa shape index (κ3) is 3.30. The molecule has 1 aromatic heterocycles. The fraction of sp³-hybridized carbons (Fsp3) is 0.524. The molecular formula is C21H25N3O4. The number of H-pyrrole nitrogens is 1. The molecule has 1 amide bonds. The number of nitrogens with zero attached hydrogens (tertiary/aromatic N) is 2. The molecule has 0 unspecified atom stereocenters. The Hall–Kier alpha value is -2.70. The van der Waals surface area contributed by atoms with Gasteiger partial charge in [-0.05, 0) is 36.2 Å². The van der Waals surface area contributed by atoms with Crippen LogP contribution in [0.15, 0.2) is 29.1 Å². The van der Waals surface area contributed by atoms with E-state index in [-0.39, 0.29) is 40.6 Å². The van der Waals surface area contributed by atoms with Crippen LogP contribution in [0.3, 0.4) is 0 Å². The minimum Gasteiger partial charge on any atom is -0.451 e. The summed E-state index contributed by atoms with van der Waals surface area (Å²) in [4.78, 5) is 39.0. The Bertz CT molecular complexity index is 1010. The first kappa shape index (κ1) is 18.7. The predicted molar refractivity (Wildman–Crippen MR) is 104 cm³/mol. The Labute approximate surface area is 163 Å². The molecule has 28 heavy (non-hydrogen) atoms. The molecule has 1 N–H and O–H groups in total. The highest BCUT2D eigenvalue weighted by Crippen LogP contribution is 2.52. The van der Waals surface area contributed by atoms with Crippen LogP contribution in [0.2, 0.25) is 0 Å². The number of fused-ring (bicyclic) bond motifs is 3. The van der Waals surface area contributed by atoms with E-state index in [1.165, 1.54) is 0 Å². The van der Waals surface area contributed by atoms with Gasteiger partial charge in [0.1, 0.15) is 0 Å². The van der Waals surface area contributed by atoms with E-state index in [1.807, 2.05) is 4.90 Å². The second kappa shape index (κ2) is 6.43. The highest BCUT2D eigenvalue weighted by molar-refractivity contribution is 6.02. The van der Waals surface area contributed by atoms with E-state index in [2.05, 4.69) is 31.0 Å². The number of nitrogens with one attached hydrogen (secondary N) is 1. The molecule has 0 radical (unpaired) electrons. The number of likely N-dealkylation sites (tertiary alicyclic amines) is 1. The molecule has 2 atom stereocenters. The quantitative estimate of drug-likeness (QED) is 0.822. The van der Waals surface area contributed by atoms with E-state index in [9.17, 15) is 14.4 Å². The lowest BCUT2D eigenvalue weighted by Gasteiger charge is -2.39. The maximum absolute atomic E-state index is 12.8. The zero-order valence-corrected chi connectivity index (χ0v) is 16.4. The van der Waals surface area contributed by atoms with E-state index in [1.54, 1.807) is 24.3 Å². The van der Waals surface area contributed by atoms with Crippen molar-refractivity contribution in [3.8, 4) is 0 Å². The molecule has 148 valence electrons. The molecule has 0 spiro atoms. The summed E-state index contributed by atoms with van der Waals surface area (Å²) in [6, 6.07) is 6.89. The van der Waals surface area contributed by atoms with Gasteiger partial charge >= 0.3 is 5.97 Å². The predicted octanol–water partition coefficient (Wildman–Crippen LogP) is 2.51. The lowest BCUT2D eigenvalue weighted by Crippen LogP contribution is -2.40. The maximum Gasteiger partial charge on any atom is 0.359 e. The zero-order chi connectivity index (χ0) is 20.1. The summed E-state index contributed by atoms with van der Waals surface area (Å²) in [5.74, 6) is -0.886. The molecule has 1 aromatic carbocycles. The summed E-state index contributed by atoms with van der Waals surface area (Å²) in [5, 5.41) is 6.91. The Morgan fingerprint density at radius 2 is 1.93 bits per heavy atom. The summed E-state index contributed by atoms with van der Waals surface area (Å²) in [6.07, 6.45) is 3.06. The summed E-state index contributed by atoms with van der Waals surface area (Å²) < 4.78 is 5.27. The molecule has 1 aliphatic heterocycles. The van der Waals surface area contributed by atoms with Gasteiger partial charge in [0.05, 0.1) is 5.39 Å². The molecule has 7 nitrogen and oxygen atoms in total. The number of amides is 1. The van der Waals surface area contributed by atoms with Crippen molar-refractivity contribution in [3.63, 3.8) is 0 Å². The minimum atomic E-state index is -0.713. The van der Waals surface area contributed by atoms with Gasteiger partial charge in [-0.15, -0.1) is 0 Å². The molecule has 2 bridgehead atoms. The number of carbonyl (C=O) groups excluding carboxylic acids is 2. The smallest absolute Gasteiger partial charge is 0.359 e. The van der Waals surface area contributed by atoms with Crippen LogP contribution in [-0.4, -0.2) is 46.2 Å². The SMILES string of the molecule is CC1(C)C[C@@H]2C[C@@](C)(CN2C(=O)COC(=O)c2n[nH]c(=O)c3ccccc23)C1. The first-order valence-corrected chi connectivity index (χ1v) is 9.62. The monoisotopic (exact) mass is 383 g/mol. The summed E-state index contributed by atoms with van der Waals surface area (Å²) >= 11 is 0. The number of rotatable bonds is 3. The van der Waals surface area contributed by atoms with Gasteiger partial charge in [0, 0.05) is 18.0 Å². The summed E-state index contributed by atoms with van der Waals surface area (Å²) in [7, 11) is 0. The molecule has 2 heterocycles. The van der Waals surface area contributed by atoms with Gasteiger partial charge in [-0.2, -0.15) is 5.10 Å². The number of ether oxygens (including phenoxy) is 1. The van der Waals surface area contributed by atoms with Crippen molar-refractivity contribution >= 4 is 22.6 Å². The molecule has 1 saturated carbocycles. The Morgan fingerprint density at radius 1 is 1.21 bits per heavy atom. The maximum atomic E-state index is 12.8. The number of carbonyl (C=O) groups is 2. The van der Waals surface area contributed by atoms with Gasteiger partial charge in [0.25, 0.3) is 11.5 Å². The van der Waals surface area contributed by atoms with E-state index < -0.39 is 5.97 Å². The molecule has 4 rings (SSSR count). The standard InChI is InChI=1S/C21H25N3O4/c1-20(2)8-13-9-21(3,11-20)12-24(13)16(25)10-28-19(27)17-14-6-4-5-7-15(14)18(26)23-22-17/h4-7,13H,8-12H2,1-3H3,(H,23,26)/t13-,21-/m1/s1. The van der Waals surface area contributed by atoms with Crippen LogP contribution in [0.5, 0.6) is 0 Å². The van der Waals surface area contributed by atoms with Crippen LogP contribution in [0.4, 0.5) is 0 Å². The molecule has 1 aliphatic carbocycles. The highest BCUT2D eigenvalue weighted by Gasteiger charge is 2.50. The fourth-order valence-electron chi connectivity index (χ4n) is 5.30. The van der Waals surface area contributed by atoms with E-state index in [0.717, 1.165) is 19.3 Å². The molecule has 7 heteroatoms. The van der Waals surface area contributed by atoms with Crippen LogP contribution in [-0.2, 0) is 9.53 Å². The van der Waals surface area contributed by atoms with Crippen molar-refractivity contribution in [1.29, 1.82) is 0 Å². The average molecular weight is 383 g/mol. The average Bonchev–Trinajstić information content (AvgIpc) is 2.89. The molecular weight excluding hydrogens is 358 g/mol. The molecule has 2 fully saturated rings. The van der Waals surface area contributed by atoms with Crippen molar-refractivity contribution in [3.05, 3.63) is 40.3 Å². The van der Waals surface area contributed by atoms with Crippen molar-refractivity contribution in [1.82, 2.24) is 15.1 Å². The van der Waals surface area contributed by atoms with Crippen molar-refractivity contribution in [2.75, 3.05) is 13.2 Å². The van der Waals surface area contributed by atoms with Crippen molar-refractivity contribution < 1.29 is 14.3 Å². The number of hydrogen-bond acceptors (Lipinski definition) is 5. The molecule has 2 aliphatic rings. The second-order valence-corrected chi connectivity index (χ2v) is 9.26. The third-order valence-corrected chi connectivity index (χ3v) is 5.95. The lowest BCUT2D eigenvalue weighted by atomic mass is 9.65. The number of aromatic nitrogens is 2. The summed E-state index contributed by atoms with van der Waals surface area (Å²) in [5.41, 5.74) is -0.0232. The van der Waals surface area contributed by atoms with Crippen LogP contribution in [0.25, 0.3) is 10.8 Å². The van der Waals surface area contributed by atoms with Crippen molar-refractivity contribution in [2.45, 2.75) is 46.1 Å². The van der Waals surface area contributed by atoms with Gasteiger partial charge in [0.2, 0.25) is 0 Å². The normalized spacial score (nSPS) is 25.7. The first-order chi connectivity index (χ1) is 13.2. The van der Waals surface area contributed by atoms with Crippen molar-refractivity contribution in [2.24, 2.45) is 10.8 Å². The lowest BCUT2D eigenvalue weighted by molar-refractivity contribution is -0.135. The number of esters is 1. The van der Waals surface area contributed by atoms with Crippen LogP contribution >= 0.6 is 0 Å². The van der Waals surface area contributed by atoms with E-state index >= 15 is 0 Å². The minimum absolute atomic E-state index is 0.0104.